The predicted molar refractivity (Wildman–Crippen MR) is 62.7 cm³/mol. The van der Waals surface area contributed by atoms with Gasteiger partial charge in [-0.2, -0.15) is 0 Å². The van der Waals surface area contributed by atoms with Crippen LogP contribution < -0.4 is 10.2 Å². The molecule has 2 rings (SSSR count). The number of non-ortho nitro benzene ring substituents is 1. The minimum Gasteiger partial charge on any atom is -0.365 e. The largest absolute Gasteiger partial charge is 0.365 e. The van der Waals surface area contributed by atoms with E-state index in [1.165, 1.54) is 0 Å². The van der Waals surface area contributed by atoms with Crippen molar-refractivity contribution in [3.05, 3.63) is 33.9 Å². The summed E-state index contributed by atoms with van der Waals surface area (Å²) in [5, 5.41) is 13.5. The van der Waals surface area contributed by atoms with Gasteiger partial charge in [0.1, 0.15) is 5.69 Å². The van der Waals surface area contributed by atoms with Gasteiger partial charge in [-0.25, -0.2) is 8.78 Å². The van der Waals surface area contributed by atoms with E-state index in [4.69, 9.17) is 0 Å². The molecule has 1 heterocycles. The zero-order valence-electron chi connectivity index (χ0n) is 9.82. The molecular formula is C11H13F2N3O2. The second-order valence-electron chi connectivity index (χ2n) is 4.24. The molecule has 1 aliphatic heterocycles. The van der Waals surface area contributed by atoms with Crippen LogP contribution in [0.1, 0.15) is 6.42 Å². The Hall–Kier alpha value is -1.76. The molecule has 1 atom stereocenters. The van der Waals surface area contributed by atoms with Crippen LogP contribution in [0.15, 0.2) is 12.1 Å². The van der Waals surface area contributed by atoms with Crippen molar-refractivity contribution in [1.82, 2.24) is 5.32 Å². The normalized spacial score (nSPS) is 19.3. The number of benzene rings is 1. The van der Waals surface area contributed by atoms with Gasteiger partial charge < -0.3 is 10.2 Å². The molecule has 0 aliphatic carbocycles. The van der Waals surface area contributed by atoms with E-state index < -0.39 is 22.2 Å². The first kappa shape index (κ1) is 12.7. The quantitative estimate of drug-likeness (QED) is 0.661. The Bertz CT molecular complexity index is 458. The summed E-state index contributed by atoms with van der Waals surface area (Å²) in [4.78, 5) is 11.2. The highest BCUT2D eigenvalue weighted by molar-refractivity contribution is 5.54. The predicted octanol–water partition coefficient (Wildman–Crippen LogP) is 1.67. The van der Waals surface area contributed by atoms with Gasteiger partial charge in [-0.15, -0.1) is 0 Å². The lowest BCUT2D eigenvalue weighted by molar-refractivity contribution is -0.385. The fourth-order valence-corrected chi connectivity index (χ4v) is 2.16. The van der Waals surface area contributed by atoms with Crippen LogP contribution in [0.25, 0.3) is 0 Å². The molecule has 1 aromatic rings. The maximum Gasteiger partial charge on any atom is 0.275 e. The summed E-state index contributed by atoms with van der Waals surface area (Å²) in [6, 6.07) is 1.69. The molecule has 1 aliphatic rings. The summed E-state index contributed by atoms with van der Waals surface area (Å²) in [7, 11) is 1.79. The second kappa shape index (κ2) is 4.85. The van der Waals surface area contributed by atoms with Crippen molar-refractivity contribution < 1.29 is 13.7 Å². The number of nitro groups is 1. The van der Waals surface area contributed by atoms with Crippen LogP contribution in [-0.4, -0.2) is 31.1 Å². The van der Waals surface area contributed by atoms with Crippen molar-refractivity contribution in [1.29, 1.82) is 0 Å². The first-order chi connectivity index (χ1) is 8.52. The Morgan fingerprint density at radius 3 is 2.50 bits per heavy atom. The molecule has 0 amide bonds. The fourth-order valence-electron chi connectivity index (χ4n) is 2.16. The van der Waals surface area contributed by atoms with Gasteiger partial charge in [-0.1, -0.05) is 0 Å². The highest BCUT2D eigenvalue weighted by Gasteiger charge is 2.27. The van der Waals surface area contributed by atoms with Crippen molar-refractivity contribution in [2.45, 2.75) is 12.5 Å². The Labute approximate surface area is 103 Å². The Morgan fingerprint density at radius 1 is 1.44 bits per heavy atom. The first-order valence-electron chi connectivity index (χ1n) is 5.58. The zero-order valence-corrected chi connectivity index (χ0v) is 9.82. The molecule has 1 saturated heterocycles. The zero-order chi connectivity index (χ0) is 13.3. The van der Waals surface area contributed by atoms with Crippen molar-refractivity contribution in [3.63, 3.8) is 0 Å². The summed E-state index contributed by atoms with van der Waals surface area (Å²) in [6.45, 7) is 1.01. The average molecular weight is 257 g/mol. The van der Waals surface area contributed by atoms with Crippen LogP contribution in [0, 0.1) is 21.7 Å². The molecule has 0 radical (unpaired) electrons. The van der Waals surface area contributed by atoms with E-state index in [0.717, 1.165) is 18.6 Å². The van der Waals surface area contributed by atoms with Crippen molar-refractivity contribution >= 4 is 11.4 Å². The lowest BCUT2D eigenvalue weighted by atomic mass is 10.2. The number of hydrogen-bond donors (Lipinski definition) is 1. The molecule has 18 heavy (non-hydrogen) atoms. The van der Waals surface area contributed by atoms with Gasteiger partial charge in [0.15, 0.2) is 11.6 Å². The molecule has 7 heteroatoms. The maximum absolute atomic E-state index is 13.7. The van der Waals surface area contributed by atoms with Gasteiger partial charge in [-0.05, 0) is 13.5 Å². The molecule has 0 saturated carbocycles. The second-order valence-corrected chi connectivity index (χ2v) is 4.24. The Morgan fingerprint density at radius 2 is 2.06 bits per heavy atom. The van der Waals surface area contributed by atoms with Crippen molar-refractivity contribution in [2.24, 2.45) is 0 Å². The lowest BCUT2D eigenvalue weighted by Crippen LogP contribution is -2.30. The first-order valence-corrected chi connectivity index (χ1v) is 5.58. The monoisotopic (exact) mass is 257 g/mol. The molecule has 5 nitrogen and oxygen atoms in total. The highest BCUT2D eigenvalue weighted by atomic mass is 19.1. The molecule has 0 bridgehead atoms. The van der Waals surface area contributed by atoms with Crippen molar-refractivity contribution in [3.8, 4) is 0 Å². The average Bonchev–Trinajstić information content (AvgIpc) is 2.76. The van der Waals surface area contributed by atoms with Crippen LogP contribution in [-0.2, 0) is 0 Å². The number of anilines is 1. The van der Waals surface area contributed by atoms with Gasteiger partial charge in [-0.3, -0.25) is 10.1 Å². The summed E-state index contributed by atoms with van der Waals surface area (Å²) >= 11 is 0. The van der Waals surface area contributed by atoms with E-state index in [1.807, 2.05) is 0 Å². The third-order valence-electron chi connectivity index (χ3n) is 3.13. The number of halogens is 2. The third kappa shape index (κ3) is 2.26. The van der Waals surface area contributed by atoms with Gasteiger partial charge in [0.25, 0.3) is 5.69 Å². The minimum absolute atomic E-state index is 0.180. The van der Waals surface area contributed by atoms with Crippen LogP contribution in [0.4, 0.5) is 20.2 Å². The highest BCUT2D eigenvalue weighted by Crippen LogP contribution is 2.30. The number of rotatable bonds is 3. The molecule has 1 N–H and O–H groups in total. The van der Waals surface area contributed by atoms with E-state index in [9.17, 15) is 18.9 Å². The van der Waals surface area contributed by atoms with Gasteiger partial charge in [0.05, 0.1) is 17.1 Å². The number of nitrogens with zero attached hydrogens (tertiary/aromatic N) is 2. The van der Waals surface area contributed by atoms with Gasteiger partial charge in [0, 0.05) is 19.1 Å². The van der Waals surface area contributed by atoms with E-state index in [1.54, 1.807) is 11.9 Å². The van der Waals surface area contributed by atoms with Gasteiger partial charge >= 0.3 is 0 Å². The van der Waals surface area contributed by atoms with Crippen LogP contribution in [0.2, 0.25) is 0 Å². The molecule has 0 aromatic heterocycles. The molecule has 1 unspecified atom stereocenters. The standard InChI is InChI=1S/C11H13F2N3O2/c1-14-7-2-3-15(6-7)11-9(12)4-8(16(17)18)5-10(11)13/h4-5,7,14H,2-3,6H2,1H3. The smallest absolute Gasteiger partial charge is 0.275 e. The van der Waals surface area contributed by atoms with E-state index in [0.29, 0.717) is 13.1 Å². The number of likely N-dealkylation sites (N-methyl/N-ethyl adjacent to an activating group) is 1. The van der Waals surface area contributed by atoms with E-state index in [2.05, 4.69) is 5.32 Å². The number of nitrogens with one attached hydrogen (secondary N) is 1. The molecule has 1 aromatic carbocycles. The third-order valence-corrected chi connectivity index (χ3v) is 3.13. The molecule has 1 fully saturated rings. The summed E-state index contributed by atoms with van der Waals surface area (Å²) in [5.74, 6) is -1.78. The number of nitro benzene ring substituents is 1. The molecule has 0 spiro atoms. The van der Waals surface area contributed by atoms with Crippen LogP contribution in [0.3, 0.4) is 0 Å². The van der Waals surface area contributed by atoms with E-state index >= 15 is 0 Å². The fraction of sp³-hybridized carbons (Fsp3) is 0.455. The van der Waals surface area contributed by atoms with Gasteiger partial charge in [0.2, 0.25) is 0 Å². The van der Waals surface area contributed by atoms with Crippen molar-refractivity contribution in [2.75, 3.05) is 25.0 Å². The van der Waals surface area contributed by atoms with Crippen LogP contribution >= 0.6 is 0 Å². The minimum atomic E-state index is -0.890. The topological polar surface area (TPSA) is 58.4 Å². The summed E-state index contributed by atoms with van der Waals surface area (Å²) in [6.07, 6.45) is 0.784. The Kier molecular flexibility index (Phi) is 3.42. The molecular weight excluding hydrogens is 244 g/mol. The maximum atomic E-state index is 13.7. The summed E-state index contributed by atoms with van der Waals surface area (Å²) in [5.41, 5.74) is -0.753. The Balaban J connectivity index is 2.32. The lowest BCUT2D eigenvalue weighted by Gasteiger charge is -2.19. The van der Waals surface area contributed by atoms with Crippen LogP contribution in [0.5, 0.6) is 0 Å². The SMILES string of the molecule is CNC1CCN(c2c(F)cc([N+](=O)[O-])cc2F)C1. The number of hydrogen-bond acceptors (Lipinski definition) is 4. The molecule has 98 valence electrons. The van der Waals surface area contributed by atoms with E-state index in [-0.39, 0.29) is 11.7 Å². The summed E-state index contributed by atoms with van der Waals surface area (Å²) < 4.78 is 27.5.